The van der Waals surface area contributed by atoms with Crippen LogP contribution in [0.3, 0.4) is 0 Å². The van der Waals surface area contributed by atoms with Gasteiger partial charge in [-0.2, -0.15) is 0 Å². The van der Waals surface area contributed by atoms with Gasteiger partial charge in [0, 0.05) is 18.8 Å². The fourth-order valence-electron chi connectivity index (χ4n) is 1.47. The Morgan fingerprint density at radius 2 is 2.23 bits per heavy atom. The van der Waals surface area contributed by atoms with Gasteiger partial charge in [0.1, 0.15) is 5.82 Å². The van der Waals surface area contributed by atoms with Crippen LogP contribution in [-0.4, -0.2) is 17.6 Å². The van der Waals surface area contributed by atoms with Crippen molar-refractivity contribution in [3.05, 3.63) is 18.3 Å². The molecule has 0 aliphatic carbocycles. The molecular weight excluding hydrogens is 162 g/mol. The molecule has 72 valence electrons. The van der Waals surface area contributed by atoms with Crippen molar-refractivity contribution < 1.29 is 0 Å². The van der Waals surface area contributed by atoms with E-state index in [-0.39, 0.29) is 0 Å². The standard InChI is InChI=1S/C10H17N3/c1-4-13(8(2)3)9-6-5-7-12-10(9)11/h5-8H,4H2,1-3H3,(H2,11,12). The monoisotopic (exact) mass is 179 g/mol. The van der Waals surface area contributed by atoms with Crippen molar-refractivity contribution in [2.45, 2.75) is 26.8 Å². The Morgan fingerprint density at radius 3 is 2.69 bits per heavy atom. The van der Waals surface area contributed by atoms with Crippen molar-refractivity contribution in [1.82, 2.24) is 4.98 Å². The zero-order valence-electron chi connectivity index (χ0n) is 8.49. The first kappa shape index (κ1) is 9.84. The SMILES string of the molecule is CCN(c1cccnc1N)C(C)C. The third-order valence-electron chi connectivity index (χ3n) is 2.09. The Hall–Kier alpha value is -1.25. The molecule has 0 fully saturated rings. The Morgan fingerprint density at radius 1 is 1.54 bits per heavy atom. The molecule has 3 heteroatoms. The number of nitrogens with two attached hydrogens (primary N) is 1. The fraction of sp³-hybridized carbons (Fsp3) is 0.500. The van der Waals surface area contributed by atoms with Gasteiger partial charge in [-0.3, -0.25) is 0 Å². The summed E-state index contributed by atoms with van der Waals surface area (Å²) in [5, 5.41) is 0. The lowest BCUT2D eigenvalue weighted by atomic mass is 10.2. The highest BCUT2D eigenvalue weighted by Gasteiger charge is 2.10. The number of pyridine rings is 1. The number of nitrogens with zero attached hydrogens (tertiary/aromatic N) is 2. The predicted octanol–water partition coefficient (Wildman–Crippen LogP) is 1.90. The van der Waals surface area contributed by atoms with E-state index in [0.29, 0.717) is 11.9 Å². The molecule has 1 aromatic rings. The van der Waals surface area contributed by atoms with E-state index in [1.54, 1.807) is 6.20 Å². The van der Waals surface area contributed by atoms with Gasteiger partial charge in [0.25, 0.3) is 0 Å². The van der Waals surface area contributed by atoms with Gasteiger partial charge in [-0.1, -0.05) is 0 Å². The number of aromatic nitrogens is 1. The molecule has 0 spiro atoms. The van der Waals surface area contributed by atoms with Crippen LogP contribution in [0, 0.1) is 0 Å². The molecule has 0 radical (unpaired) electrons. The van der Waals surface area contributed by atoms with Crippen molar-refractivity contribution in [2.75, 3.05) is 17.2 Å². The topological polar surface area (TPSA) is 42.2 Å². The Labute approximate surface area is 79.6 Å². The van der Waals surface area contributed by atoms with E-state index in [9.17, 15) is 0 Å². The van der Waals surface area contributed by atoms with Gasteiger partial charge in [-0.25, -0.2) is 4.98 Å². The van der Waals surface area contributed by atoms with E-state index in [2.05, 4.69) is 30.7 Å². The number of rotatable bonds is 3. The molecular formula is C10H17N3. The van der Waals surface area contributed by atoms with Crippen LogP contribution in [0.4, 0.5) is 11.5 Å². The fourth-order valence-corrected chi connectivity index (χ4v) is 1.47. The molecule has 13 heavy (non-hydrogen) atoms. The van der Waals surface area contributed by atoms with E-state index in [4.69, 9.17) is 5.73 Å². The van der Waals surface area contributed by atoms with Crippen molar-refractivity contribution in [3.63, 3.8) is 0 Å². The summed E-state index contributed by atoms with van der Waals surface area (Å²) >= 11 is 0. The number of hydrogen-bond donors (Lipinski definition) is 1. The van der Waals surface area contributed by atoms with E-state index in [0.717, 1.165) is 12.2 Å². The second-order valence-corrected chi connectivity index (χ2v) is 3.29. The first-order valence-electron chi connectivity index (χ1n) is 4.64. The van der Waals surface area contributed by atoms with E-state index in [1.807, 2.05) is 12.1 Å². The lowest BCUT2D eigenvalue weighted by molar-refractivity contribution is 0.703. The first-order chi connectivity index (χ1) is 6.16. The van der Waals surface area contributed by atoms with Crippen molar-refractivity contribution >= 4 is 11.5 Å². The van der Waals surface area contributed by atoms with Crippen LogP contribution in [0.2, 0.25) is 0 Å². The van der Waals surface area contributed by atoms with Gasteiger partial charge < -0.3 is 10.6 Å². The van der Waals surface area contributed by atoms with Crippen molar-refractivity contribution in [2.24, 2.45) is 0 Å². The lowest BCUT2D eigenvalue weighted by Gasteiger charge is -2.27. The average Bonchev–Trinajstić information content (AvgIpc) is 2.09. The highest BCUT2D eigenvalue weighted by Crippen LogP contribution is 2.21. The van der Waals surface area contributed by atoms with Crippen molar-refractivity contribution in [1.29, 1.82) is 0 Å². The van der Waals surface area contributed by atoms with Gasteiger partial charge in [0.15, 0.2) is 0 Å². The summed E-state index contributed by atoms with van der Waals surface area (Å²) in [6.45, 7) is 7.37. The first-order valence-corrected chi connectivity index (χ1v) is 4.64. The highest BCUT2D eigenvalue weighted by molar-refractivity contribution is 5.63. The Bertz CT molecular complexity index is 271. The third-order valence-corrected chi connectivity index (χ3v) is 2.09. The largest absolute Gasteiger partial charge is 0.382 e. The van der Waals surface area contributed by atoms with Crippen LogP contribution in [0.25, 0.3) is 0 Å². The molecule has 1 rings (SSSR count). The molecule has 0 aromatic carbocycles. The molecule has 1 heterocycles. The minimum absolute atomic E-state index is 0.455. The molecule has 0 saturated carbocycles. The molecule has 0 unspecified atom stereocenters. The van der Waals surface area contributed by atoms with Crippen LogP contribution in [0.1, 0.15) is 20.8 Å². The van der Waals surface area contributed by atoms with Crippen LogP contribution in [-0.2, 0) is 0 Å². The minimum atomic E-state index is 0.455. The predicted molar refractivity (Wildman–Crippen MR) is 56.8 cm³/mol. The average molecular weight is 179 g/mol. The molecule has 3 nitrogen and oxygen atoms in total. The Balaban J connectivity index is 2.97. The molecule has 0 amide bonds. The van der Waals surface area contributed by atoms with E-state index < -0.39 is 0 Å². The summed E-state index contributed by atoms with van der Waals surface area (Å²) in [6.07, 6.45) is 1.72. The van der Waals surface area contributed by atoms with Crippen LogP contribution < -0.4 is 10.6 Å². The summed E-state index contributed by atoms with van der Waals surface area (Å²) in [7, 11) is 0. The zero-order valence-corrected chi connectivity index (χ0v) is 8.49. The van der Waals surface area contributed by atoms with Crippen molar-refractivity contribution in [3.8, 4) is 0 Å². The summed E-state index contributed by atoms with van der Waals surface area (Å²) in [5.41, 5.74) is 6.81. The van der Waals surface area contributed by atoms with Crippen LogP contribution >= 0.6 is 0 Å². The van der Waals surface area contributed by atoms with Gasteiger partial charge in [0.2, 0.25) is 0 Å². The molecule has 0 bridgehead atoms. The van der Waals surface area contributed by atoms with E-state index in [1.165, 1.54) is 0 Å². The molecule has 0 saturated heterocycles. The molecule has 0 aliphatic rings. The smallest absolute Gasteiger partial charge is 0.146 e. The second kappa shape index (κ2) is 4.12. The quantitative estimate of drug-likeness (QED) is 0.770. The van der Waals surface area contributed by atoms with Gasteiger partial charge in [0.05, 0.1) is 5.69 Å². The van der Waals surface area contributed by atoms with Gasteiger partial charge in [-0.15, -0.1) is 0 Å². The zero-order chi connectivity index (χ0) is 9.84. The molecule has 1 aromatic heterocycles. The van der Waals surface area contributed by atoms with Crippen LogP contribution in [0.15, 0.2) is 18.3 Å². The third kappa shape index (κ3) is 2.11. The van der Waals surface area contributed by atoms with E-state index >= 15 is 0 Å². The summed E-state index contributed by atoms with van der Waals surface area (Å²) in [6, 6.07) is 4.37. The maximum absolute atomic E-state index is 5.78. The van der Waals surface area contributed by atoms with Crippen LogP contribution in [0.5, 0.6) is 0 Å². The molecule has 0 atom stereocenters. The maximum Gasteiger partial charge on any atom is 0.146 e. The maximum atomic E-state index is 5.78. The minimum Gasteiger partial charge on any atom is -0.382 e. The number of hydrogen-bond acceptors (Lipinski definition) is 3. The van der Waals surface area contributed by atoms with Gasteiger partial charge in [-0.05, 0) is 32.9 Å². The lowest BCUT2D eigenvalue weighted by Crippen LogP contribution is -2.31. The number of nitrogen functional groups attached to an aromatic ring is 1. The summed E-state index contributed by atoms with van der Waals surface area (Å²) in [5.74, 6) is 0.609. The summed E-state index contributed by atoms with van der Waals surface area (Å²) in [4.78, 5) is 6.29. The van der Waals surface area contributed by atoms with Gasteiger partial charge >= 0.3 is 0 Å². The summed E-state index contributed by atoms with van der Waals surface area (Å²) < 4.78 is 0. The normalized spacial score (nSPS) is 10.5. The Kier molecular flexibility index (Phi) is 3.12. The second-order valence-electron chi connectivity index (χ2n) is 3.29. The molecule has 0 aliphatic heterocycles. The highest BCUT2D eigenvalue weighted by atomic mass is 15.2. The number of anilines is 2. The molecule has 2 N–H and O–H groups in total.